The van der Waals surface area contributed by atoms with Crippen LogP contribution in [-0.2, 0) is 4.79 Å². The van der Waals surface area contributed by atoms with E-state index in [-0.39, 0.29) is 5.91 Å². The van der Waals surface area contributed by atoms with Gasteiger partial charge in [-0.2, -0.15) is 5.21 Å². The zero-order chi connectivity index (χ0) is 7.82. The number of nitrogens with zero attached hydrogens (tertiary/aromatic N) is 3. The van der Waals surface area contributed by atoms with Gasteiger partial charge in [0.05, 0.1) is 0 Å². The zero-order valence-electron chi connectivity index (χ0n) is 5.40. The van der Waals surface area contributed by atoms with Gasteiger partial charge in [-0.1, -0.05) is 5.21 Å². The van der Waals surface area contributed by atoms with Crippen molar-refractivity contribution in [2.24, 2.45) is 5.84 Å². The molecule has 1 aromatic heterocycles. The minimum absolute atomic E-state index is 0.218. The molecule has 0 aliphatic heterocycles. The van der Waals surface area contributed by atoms with Gasteiger partial charge in [-0.05, 0) is 0 Å². The number of hydrogen-bond acceptors (Lipinski definition) is 5. The summed E-state index contributed by atoms with van der Waals surface area (Å²) in [6.45, 7) is 1.35. The molecule has 0 aliphatic carbocycles. The van der Waals surface area contributed by atoms with E-state index in [4.69, 9.17) is 0 Å². The molecule has 0 unspecified atom stereocenters. The average Bonchev–Trinajstić information content (AvgIpc) is 2.43. The number of H-pyrrole nitrogens is 1. The number of hydrogen-bond donors (Lipinski definition) is 3. The van der Waals surface area contributed by atoms with Crippen molar-refractivity contribution in [3.05, 3.63) is 6.33 Å². The van der Waals surface area contributed by atoms with Crippen LogP contribution in [-0.4, -0.2) is 26.5 Å². The quantitative estimate of drug-likeness (QED) is 0.226. The van der Waals surface area contributed by atoms with Crippen molar-refractivity contribution in [3.63, 3.8) is 0 Å². The SMILES string of the molecule is CC(=O)NN.c1nn[nH]n1. The fourth-order valence-electron chi connectivity index (χ4n) is 0.129. The van der Waals surface area contributed by atoms with Gasteiger partial charge < -0.3 is 0 Å². The molecular weight excluding hydrogens is 136 g/mol. The van der Waals surface area contributed by atoms with Crippen LogP contribution < -0.4 is 11.3 Å². The molecule has 7 nitrogen and oxygen atoms in total. The van der Waals surface area contributed by atoms with Gasteiger partial charge in [0.25, 0.3) is 0 Å². The molecule has 7 heteroatoms. The van der Waals surface area contributed by atoms with Crippen molar-refractivity contribution in [1.29, 1.82) is 0 Å². The Morgan fingerprint density at radius 3 is 2.50 bits per heavy atom. The van der Waals surface area contributed by atoms with Crippen LogP contribution in [0.5, 0.6) is 0 Å². The van der Waals surface area contributed by atoms with E-state index in [1.807, 2.05) is 5.43 Å². The van der Waals surface area contributed by atoms with Gasteiger partial charge in [0.2, 0.25) is 5.91 Å². The van der Waals surface area contributed by atoms with Crippen molar-refractivity contribution in [2.75, 3.05) is 0 Å². The smallest absolute Gasteiger partial charge is 0.230 e. The van der Waals surface area contributed by atoms with Crippen LogP contribution in [0.2, 0.25) is 0 Å². The van der Waals surface area contributed by atoms with Gasteiger partial charge in [-0.15, -0.1) is 10.2 Å². The fourth-order valence-corrected chi connectivity index (χ4v) is 0.129. The zero-order valence-corrected chi connectivity index (χ0v) is 5.40. The molecule has 0 aliphatic rings. The number of carbonyl (C=O) groups is 1. The Hall–Kier alpha value is -1.50. The minimum atomic E-state index is -0.218. The largest absolute Gasteiger partial charge is 0.295 e. The van der Waals surface area contributed by atoms with Gasteiger partial charge in [0, 0.05) is 6.92 Å². The summed E-state index contributed by atoms with van der Waals surface area (Å²) in [5, 5.41) is 12.2. The predicted octanol–water partition coefficient (Wildman–Crippen LogP) is -1.80. The first kappa shape index (κ1) is 8.50. The Labute approximate surface area is 57.0 Å². The molecule has 56 valence electrons. The number of rotatable bonds is 0. The average molecular weight is 144 g/mol. The maximum Gasteiger partial charge on any atom is 0.230 e. The highest BCUT2D eigenvalue weighted by atomic mass is 16.2. The first-order valence-electron chi connectivity index (χ1n) is 2.41. The minimum Gasteiger partial charge on any atom is -0.295 e. The second-order valence-corrected chi connectivity index (χ2v) is 1.26. The Bertz CT molecular complexity index is 142. The van der Waals surface area contributed by atoms with E-state index in [1.54, 1.807) is 0 Å². The lowest BCUT2D eigenvalue weighted by Crippen LogP contribution is -2.26. The van der Waals surface area contributed by atoms with Crippen molar-refractivity contribution in [2.45, 2.75) is 6.92 Å². The van der Waals surface area contributed by atoms with Crippen LogP contribution in [0.4, 0.5) is 0 Å². The van der Waals surface area contributed by atoms with Gasteiger partial charge in [0.15, 0.2) is 6.33 Å². The first-order valence-corrected chi connectivity index (χ1v) is 2.41. The van der Waals surface area contributed by atoms with Crippen LogP contribution in [0.1, 0.15) is 6.92 Å². The molecule has 0 radical (unpaired) electrons. The molecule has 10 heavy (non-hydrogen) atoms. The van der Waals surface area contributed by atoms with Gasteiger partial charge in [-0.25, -0.2) is 5.84 Å². The molecule has 4 N–H and O–H groups in total. The van der Waals surface area contributed by atoms with E-state index in [2.05, 4.69) is 26.5 Å². The molecule has 1 amide bonds. The van der Waals surface area contributed by atoms with Crippen LogP contribution >= 0.6 is 0 Å². The van der Waals surface area contributed by atoms with Crippen LogP contribution in [0.25, 0.3) is 0 Å². The maximum atomic E-state index is 9.58. The van der Waals surface area contributed by atoms with Crippen LogP contribution in [0.15, 0.2) is 6.33 Å². The summed E-state index contributed by atoms with van der Waals surface area (Å²) in [5.41, 5.74) is 1.89. The predicted molar refractivity (Wildman–Crippen MR) is 32.2 cm³/mol. The molecule has 0 bridgehead atoms. The lowest BCUT2D eigenvalue weighted by Gasteiger charge is -1.80. The summed E-state index contributed by atoms with van der Waals surface area (Å²) in [7, 11) is 0. The van der Waals surface area contributed by atoms with E-state index in [0.29, 0.717) is 0 Å². The van der Waals surface area contributed by atoms with E-state index >= 15 is 0 Å². The summed E-state index contributed by atoms with van der Waals surface area (Å²) in [6, 6.07) is 0. The number of carbonyl (C=O) groups excluding carboxylic acids is 1. The van der Waals surface area contributed by atoms with Crippen molar-refractivity contribution >= 4 is 5.91 Å². The third kappa shape index (κ3) is 6.50. The fraction of sp³-hybridized carbons (Fsp3) is 0.333. The highest BCUT2D eigenvalue weighted by molar-refractivity contribution is 5.71. The topological polar surface area (TPSA) is 110 Å². The van der Waals surface area contributed by atoms with Gasteiger partial charge in [0.1, 0.15) is 0 Å². The number of hydrazine groups is 1. The second kappa shape index (κ2) is 5.63. The highest BCUT2D eigenvalue weighted by Crippen LogP contribution is 1.44. The van der Waals surface area contributed by atoms with E-state index in [1.165, 1.54) is 13.3 Å². The molecule has 0 atom stereocenters. The third-order valence-corrected chi connectivity index (χ3v) is 0.473. The van der Waals surface area contributed by atoms with Crippen molar-refractivity contribution < 1.29 is 4.79 Å². The monoisotopic (exact) mass is 144 g/mol. The van der Waals surface area contributed by atoms with Gasteiger partial charge >= 0.3 is 0 Å². The summed E-state index contributed by atoms with van der Waals surface area (Å²) in [6.07, 6.45) is 1.33. The summed E-state index contributed by atoms with van der Waals surface area (Å²) in [5.74, 6) is 4.35. The molecule has 0 spiro atoms. The van der Waals surface area contributed by atoms with E-state index in [9.17, 15) is 4.79 Å². The molecule has 1 aromatic rings. The summed E-state index contributed by atoms with van der Waals surface area (Å²) in [4.78, 5) is 9.58. The Morgan fingerprint density at radius 1 is 1.80 bits per heavy atom. The van der Waals surface area contributed by atoms with Gasteiger partial charge in [-0.3, -0.25) is 10.2 Å². The van der Waals surface area contributed by atoms with Crippen LogP contribution in [0.3, 0.4) is 0 Å². The molecule has 0 saturated heterocycles. The van der Waals surface area contributed by atoms with Crippen molar-refractivity contribution in [1.82, 2.24) is 26.0 Å². The summed E-state index contributed by atoms with van der Waals surface area (Å²) >= 11 is 0. The number of amides is 1. The summed E-state index contributed by atoms with van der Waals surface area (Å²) < 4.78 is 0. The highest BCUT2D eigenvalue weighted by Gasteiger charge is 1.73. The Balaban J connectivity index is 0.000000162. The van der Waals surface area contributed by atoms with E-state index < -0.39 is 0 Å². The molecule has 1 rings (SSSR count). The van der Waals surface area contributed by atoms with E-state index in [0.717, 1.165) is 0 Å². The van der Waals surface area contributed by atoms with Crippen molar-refractivity contribution in [3.8, 4) is 0 Å². The number of aromatic amines is 1. The molecular formula is C3H8N6O. The lowest BCUT2D eigenvalue weighted by molar-refractivity contribution is -0.119. The molecule has 0 aromatic carbocycles. The Morgan fingerprint density at radius 2 is 2.40 bits per heavy atom. The Kier molecular flexibility index (Phi) is 4.79. The molecule has 0 fully saturated rings. The third-order valence-electron chi connectivity index (χ3n) is 0.473. The number of nitrogens with two attached hydrogens (primary N) is 1. The first-order chi connectivity index (χ1) is 4.77. The molecule has 1 heterocycles. The van der Waals surface area contributed by atoms with Crippen LogP contribution in [0, 0.1) is 0 Å². The maximum absolute atomic E-state index is 9.58. The molecule has 0 saturated carbocycles. The normalized spacial score (nSPS) is 7.40. The number of tetrazole rings is 1. The number of aromatic nitrogens is 4. The number of nitrogens with one attached hydrogen (secondary N) is 2. The standard InChI is InChI=1S/C2H6N2O.CH2N4/c1-2(5)4-3;1-2-4-5-3-1/h3H2,1H3,(H,4,5);1H,(H,2,3,4,5). The lowest BCUT2D eigenvalue weighted by atomic mass is 10.8. The second-order valence-electron chi connectivity index (χ2n) is 1.26.